The van der Waals surface area contributed by atoms with Crippen LogP contribution in [0.15, 0.2) is 24.3 Å². The molecule has 0 radical (unpaired) electrons. The Morgan fingerprint density at radius 2 is 2.33 bits per heavy atom. The standard InChI is InChI=1S/C16H21N3O2/c1-21-15-8-3-2-7-14(15)18-16(20)13-6-4-10-19(12-13)11-5-9-17/h2-3,7-8,13H,4-6,10-12H2,1H3,(H,18,20). The highest BCUT2D eigenvalue weighted by Gasteiger charge is 2.26. The first-order chi connectivity index (χ1) is 10.2. The van der Waals surface area contributed by atoms with Gasteiger partial charge >= 0.3 is 0 Å². The molecule has 1 N–H and O–H groups in total. The Labute approximate surface area is 125 Å². The number of para-hydroxylation sites is 2. The summed E-state index contributed by atoms with van der Waals surface area (Å²) in [6, 6.07) is 9.57. The van der Waals surface area contributed by atoms with Crippen LogP contribution in [0.1, 0.15) is 19.3 Å². The summed E-state index contributed by atoms with van der Waals surface area (Å²) in [5.74, 6) is 0.673. The molecule has 1 unspecified atom stereocenters. The van der Waals surface area contributed by atoms with Gasteiger partial charge in [0.25, 0.3) is 0 Å². The fraction of sp³-hybridized carbons (Fsp3) is 0.500. The van der Waals surface area contributed by atoms with Crippen LogP contribution in [0.25, 0.3) is 0 Å². The molecule has 112 valence electrons. The zero-order valence-corrected chi connectivity index (χ0v) is 12.3. The van der Waals surface area contributed by atoms with Crippen molar-refractivity contribution in [3.05, 3.63) is 24.3 Å². The number of nitrogens with zero attached hydrogens (tertiary/aromatic N) is 2. The Hall–Kier alpha value is -2.06. The third-order valence-electron chi connectivity index (χ3n) is 3.78. The maximum absolute atomic E-state index is 12.4. The number of hydrogen-bond acceptors (Lipinski definition) is 4. The van der Waals surface area contributed by atoms with E-state index in [4.69, 9.17) is 10.00 Å². The molecule has 0 aliphatic carbocycles. The molecule has 0 saturated carbocycles. The van der Waals surface area contributed by atoms with Gasteiger partial charge in [-0.3, -0.25) is 4.79 Å². The van der Waals surface area contributed by atoms with Crippen molar-refractivity contribution in [1.29, 1.82) is 5.26 Å². The predicted molar refractivity (Wildman–Crippen MR) is 81.0 cm³/mol. The summed E-state index contributed by atoms with van der Waals surface area (Å²) in [7, 11) is 1.59. The average molecular weight is 287 g/mol. The van der Waals surface area contributed by atoms with E-state index in [0.717, 1.165) is 32.5 Å². The molecule has 2 rings (SSSR count). The van der Waals surface area contributed by atoms with E-state index >= 15 is 0 Å². The summed E-state index contributed by atoms with van der Waals surface area (Å²) in [6.07, 6.45) is 2.40. The molecule has 1 aliphatic heterocycles. The Balaban J connectivity index is 1.95. The molecule has 21 heavy (non-hydrogen) atoms. The van der Waals surface area contributed by atoms with Crippen LogP contribution >= 0.6 is 0 Å². The van der Waals surface area contributed by atoms with E-state index in [-0.39, 0.29) is 11.8 Å². The quantitative estimate of drug-likeness (QED) is 0.902. The third kappa shape index (κ3) is 4.20. The largest absolute Gasteiger partial charge is 0.495 e. The van der Waals surface area contributed by atoms with Gasteiger partial charge in [-0.1, -0.05) is 12.1 Å². The number of carbonyl (C=O) groups excluding carboxylic acids is 1. The Kier molecular flexibility index (Phi) is 5.59. The first-order valence-electron chi connectivity index (χ1n) is 7.27. The monoisotopic (exact) mass is 287 g/mol. The lowest BCUT2D eigenvalue weighted by atomic mass is 9.97. The van der Waals surface area contributed by atoms with E-state index in [1.807, 2.05) is 24.3 Å². The van der Waals surface area contributed by atoms with Crippen molar-refractivity contribution in [2.24, 2.45) is 5.92 Å². The number of anilines is 1. The Morgan fingerprint density at radius 1 is 1.52 bits per heavy atom. The number of amides is 1. The predicted octanol–water partition coefficient (Wildman–Crippen LogP) is 2.26. The van der Waals surface area contributed by atoms with Gasteiger partial charge in [-0.2, -0.15) is 5.26 Å². The molecule has 1 heterocycles. The van der Waals surface area contributed by atoms with Crippen molar-refractivity contribution >= 4 is 11.6 Å². The molecule has 1 aliphatic rings. The lowest BCUT2D eigenvalue weighted by Crippen LogP contribution is -2.41. The van der Waals surface area contributed by atoms with Crippen LogP contribution in [0.3, 0.4) is 0 Å². The topological polar surface area (TPSA) is 65.4 Å². The van der Waals surface area contributed by atoms with Crippen molar-refractivity contribution < 1.29 is 9.53 Å². The fourth-order valence-electron chi connectivity index (χ4n) is 2.66. The molecule has 1 aromatic carbocycles. The van der Waals surface area contributed by atoms with Crippen molar-refractivity contribution in [2.45, 2.75) is 19.3 Å². The zero-order chi connectivity index (χ0) is 15.1. The minimum atomic E-state index is -0.0256. The first-order valence-corrected chi connectivity index (χ1v) is 7.27. The van der Waals surface area contributed by atoms with Crippen LogP contribution in [0.4, 0.5) is 5.69 Å². The normalized spacial score (nSPS) is 18.8. The van der Waals surface area contributed by atoms with Gasteiger partial charge in [0.15, 0.2) is 0 Å². The second kappa shape index (κ2) is 7.65. The fourth-order valence-corrected chi connectivity index (χ4v) is 2.66. The highest BCUT2D eigenvalue weighted by Crippen LogP contribution is 2.25. The van der Waals surface area contributed by atoms with E-state index in [1.165, 1.54) is 0 Å². The molecule has 5 heteroatoms. The van der Waals surface area contributed by atoms with Gasteiger partial charge in [-0.05, 0) is 31.5 Å². The molecule has 0 spiro atoms. The molecule has 5 nitrogen and oxygen atoms in total. The summed E-state index contributed by atoms with van der Waals surface area (Å²) in [5, 5.41) is 11.6. The molecule has 1 saturated heterocycles. The average Bonchev–Trinajstić information content (AvgIpc) is 2.53. The molecule has 1 amide bonds. The minimum absolute atomic E-state index is 0.0256. The summed E-state index contributed by atoms with van der Waals surface area (Å²) < 4.78 is 5.25. The molecule has 1 atom stereocenters. The van der Waals surface area contributed by atoms with Crippen LogP contribution in [0.2, 0.25) is 0 Å². The van der Waals surface area contributed by atoms with Gasteiger partial charge < -0.3 is 15.0 Å². The van der Waals surface area contributed by atoms with Gasteiger partial charge in [0.1, 0.15) is 5.75 Å². The smallest absolute Gasteiger partial charge is 0.228 e. The zero-order valence-electron chi connectivity index (χ0n) is 12.3. The molecule has 0 bridgehead atoms. The number of piperidine rings is 1. The minimum Gasteiger partial charge on any atom is -0.495 e. The van der Waals surface area contributed by atoms with Crippen molar-refractivity contribution in [1.82, 2.24) is 4.90 Å². The number of nitrogens with one attached hydrogen (secondary N) is 1. The molecular formula is C16H21N3O2. The molecule has 1 aromatic rings. The summed E-state index contributed by atoms with van der Waals surface area (Å²) >= 11 is 0. The van der Waals surface area contributed by atoms with Gasteiger partial charge in [-0.15, -0.1) is 0 Å². The highest BCUT2D eigenvalue weighted by atomic mass is 16.5. The Morgan fingerprint density at radius 3 is 3.10 bits per heavy atom. The van der Waals surface area contributed by atoms with E-state index in [2.05, 4.69) is 16.3 Å². The molecule has 0 aromatic heterocycles. The number of ether oxygens (including phenoxy) is 1. The van der Waals surface area contributed by atoms with Crippen molar-refractivity contribution in [3.63, 3.8) is 0 Å². The van der Waals surface area contributed by atoms with Crippen LogP contribution in [0, 0.1) is 17.2 Å². The number of carbonyl (C=O) groups is 1. The number of benzene rings is 1. The summed E-state index contributed by atoms with van der Waals surface area (Å²) in [4.78, 5) is 14.6. The first kappa shape index (κ1) is 15.3. The number of likely N-dealkylation sites (tertiary alicyclic amines) is 1. The van der Waals surface area contributed by atoms with Crippen molar-refractivity contribution in [3.8, 4) is 11.8 Å². The SMILES string of the molecule is COc1ccccc1NC(=O)C1CCCN(CCC#N)C1. The third-order valence-corrected chi connectivity index (χ3v) is 3.78. The molecular weight excluding hydrogens is 266 g/mol. The lowest BCUT2D eigenvalue weighted by molar-refractivity contribution is -0.121. The number of rotatable bonds is 5. The van der Waals surface area contributed by atoms with E-state index in [9.17, 15) is 4.79 Å². The molecule has 1 fully saturated rings. The van der Waals surface area contributed by atoms with E-state index in [1.54, 1.807) is 7.11 Å². The summed E-state index contributed by atoms with van der Waals surface area (Å²) in [5.41, 5.74) is 0.708. The summed E-state index contributed by atoms with van der Waals surface area (Å²) in [6.45, 7) is 2.44. The second-order valence-electron chi connectivity index (χ2n) is 5.24. The van der Waals surface area contributed by atoms with E-state index < -0.39 is 0 Å². The number of methoxy groups -OCH3 is 1. The number of nitriles is 1. The van der Waals surface area contributed by atoms with Gasteiger partial charge in [0, 0.05) is 19.5 Å². The maximum atomic E-state index is 12.4. The lowest BCUT2D eigenvalue weighted by Gasteiger charge is -2.31. The second-order valence-corrected chi connectivity index (χ2v) is 5.24. The van der Waals surface area contributed by atoms with Gasteiger partial charge in [0.2, 0.25) is 5.91 Å². The maximum Gasteiger partial charge on any atom is 0.228 e. The van der Waals surface area contributed by atoms with Crippen LogP contribution in [-0.2, 0) is 4.79 Å². The van der Waals surface area contributed by atoms with Crippen LogP contribution in [-0.4, -0.2) is 37.6 Å². The Bertz CT molecular complexity index is 524. The van der Waals surface area contributed by atoms with Crippen LogP contribution < -0.4 is 10.1 Å². The van der Waals surface area contributed by atoms with Gasteiger partial charge in [0.05, 0.1) is 24.8 Å². The highest BCUT2D eigenvalue weighted by molar-refractivity contribution is 5.94. The van der Waals surface area contributed by atoms with Crippen LogP contribution in [0.5, 0.6) is 5.75 Å². The van der Waals surface area contributed by atoms with Gasteiger partial charge in [-0.25, -0.2) is 0 Å². The van der Waals surface area contributed by atoms with Crippen molar-refractivity contribution in [2.75, 3.05) is 32.1 Å². The van der Waals surface area contributed by atoms with E-state index in [0.29, 0.717) is 17.9 Å². The number of hydrogen-bond donors (Lipinski definition) is 1.